The van der Waals surface area contributed by atoms with Crippen molar-refractivity contribution < 1.29 is 9.90 Å². The lowest BCUT2D eigenvalue weighted by atomic mass is 10.1. The average Bonchev–Trinajstić information content (AvgIpc) is 2.07. The molecule has 14 heavy (non-hydrogen) atoms. The van der Waals surface area contributed by atoms with E-state index in [9.17, 15) is 4.79 Å². The predicted molar refractivity (Wildman–Crippen MR) is 56.5 cm³/mol. The number of carboxylic acids is 1. The number of rotatable bonds is 3. The van der Waals surface area contributed by atoms with Crippen molar-refractivity contribution in [3.05, 3.63) is 23.8 Å². The number of nitrogens with two attached hydrogens (primary N) is 1. The van der Waals surface area contributed by atoms with Gasteiger partial charge in [-0.2, -0.15) is 0 Å². The van der Waals surface area contributed by atoms with Crippen molar-refractivity contribution in [2.45, 2.75) is 6.42 Å². The van der Waals surface area contributed by atoms with E-state index < -0.39 is 5.97 Å². The fraction of sp³-hybridized carbons (Fsp3) is 0.300. The number of anilines is 2. The van der Waals surface area contributed by atoms with Crippen LogP contribution in [-0.2, 0) is 11.2 Å². The second-order valence-electron chi connectivity index (χ2n) is 3.35. The van der Waals surface area contributed by atoms with E-state index in [0.29, 0.717) is 5.69 Å². The molecule has 0 spiro atoms. The molecule has 1 aromatic carbocycles. The van der Waals surface area contributed by atoms with Gasteiger partial charge in [-0.05, 0) is 17.7 Å². The standard InChI is InChI=1S/C10H14N2O2/c1-12(2)9-6-8(11)4-3-7(9)5-10(13)14/h3-4,6H,5,11H2,1-2H3,(H,13,14). The van der Waals surface area contributed by atoms with Crippen molar-refractivity contribution in [1.82, 2.24) is 0 Å². The number of carbonyl (C=O) groups is 1. The first-order valence-corrected chi connectivity index (χ1v) is 4.28. The van der Waals surface area contributed by atoms with Gasteiger partial charge in [-0.1, -0.05) is 6.07 Å². The summed E-state index contributed by atoms with van der Waals surface area (Å²) in [6, 6.07) is 5.24. The first kappa shape index (κ1) is 10.4. The van der Waals surface area contributed by atoms with Crippen LogP contribution in [0.5, 0.6) is 0 Å². The summed E-state index contributed by atoms with van der Waals surface area (Å²) in [6.07, 6.45) is 0.0216. The number of aliphatic carboxylic acids is 1. The van der Waals surface area contributed by atoms with Gasteiger partial charge in [0.1, 0.15) is 0 Å². The SMILES string of the molecule is CN(C)c1cc(N)ccc1CC(=O)O. The van der Waals surface area contributed by atoms with Crippen molar-refractivity contribution in [3.63, 3.8) is 0 Å². The summed E-state index contributed by atoms with van der Waals surface area (Å²) in [5, 5.41) is 8.69. The molecule has 0 radical (unpaired) electrons. The Morgan fingerprint density at radius 1 is 1.50 bits per heavy atom. The van der Waals surface area contributed by atoms with Gasteiger partial charge in [0, 0.05) is 25.5 Å². The fourth-order valence-electron chi connectivity index (χ4n) is 1.31. The van der Waals surface area contributed by atoms with Gasteiger partial charge in [-0.15, -0.1) is 0 Å². The van der Waals surface area contributed by atoms with E-state index in [-0.39, 0.29) is 6.42 Å². The van der Waals surface area contributed by atoms with Crippen LogP contribution >= 0.6 is 0 Å². The molecule has 0 amide bonds. The van der Waals surface area contributed by atoms with E-state index in [0.717, 1.165) is 11.3 Å². The maximum Gasteiger partial charge on any atom is 0.307 e. The van der Waals surface area contributed by atoms with Crippen LogP contribution in [0.1, 0.15) is 5.56 Å². The van der Waals surface area contributed by atoms with E-state index in [4.69, 9.17) is 10.8 Å². The zero-order chi connectivity index (χ0) is 10.7. The summed E-state index contributed by atoms with van der Waals surface area (Å²) < 4.78 is 0. The van der Waals surface area contributed by atoms with Crippen LogP contribution in [-0.4, -0.2) is 25.2 Å². The van der Waals surface area contributed by atoms with Crippen molar-refractivity contribution in [2.75, 3.05) is 24.7 Å². The average molecular weight is 194 g/mol. The van der Waals surface area contributed by atoms with Gasteiger partial charge in [0.2, 0.25) is 0 Å². The Hall–Kier alpha value is -1.71. The lowest BCUT2D eigenvalue weighted by Crippen LogP contribution is -2.13. The predicted octanol–water partition coefficient (Wildman–Crippen LogP) is 0.962. The molecule has 0 bridgehead atoms. The largest absolute Gasteiger partial charge is 0.481 e. The van der Waals surface area contributed by atoms with Crippen molar-refractivity contribution in [3.8, 4) is 0 Å². The molecule has 1 aromatic rings. The molecule has 4 nitrogen and oxygen atoms in total. The fourth-order valence-corrected chi connectivity index (χ4v) is 1.31. The van der Waals surface area contributed by atoms with Crippen molar-refractivity contribution in [2.24, 2.45) is 0 Å². The number of benzene rings is 1. The second-order valence-corrected chi connectivity index (χ2v) is 3.35. The molecule has 0 heterocycles. The highest BCUT2D eigenvalue weighted by Gasteiger charge is 2.08. The molecule has 0 aromatic heterocycles. The van der Waals surface area contributed by atoms with Gasteiger partial charge in [0.05, 0.1) is 6.42 Å². The van der Waals surface area contributed by atoms with Crippen LogP contribution < -0.4 is 10.6 Å². The Balaban J connectivity index is 3.08. The molecule has 3 N–H and O–H groups in total. The number of nitrogen functional groups attached to an aromatic ring is 1. The number of hydrogen-bond donors (Lipinski definition) is 2. The zero-order valence-electron chi connectivity index (χ0n) is 8.32. The molecular weight excluding hydrogens is 180 g/mol. The third-order valence-electron chi connectivity index (χ3n) is 1.93. The van der Waals surface area contributed by atoms with Crippen LogP contribution in [0.2, 0.25) is 0 Å². The van der Waals surface area contributed by atoms with Crippen molar-refractivity contribution in [1.29, 1.82) is 0 Å². The lowest BCUT2D eigenvalue weighted by Gasteiger charge is -2.17. The highest BCUT2D eigenvalue weighted by atomic mass is 16.4. The molecule has 0 unspecified atom stereocenters. The maximum absolute atomic E-state index is 10.6. The van der Waals surface area contributed by atoms with Crippen LogP contribution in [0.4, 0.5) is 11.4 Å². The summed E-state index contributed by atoms with van der Waals surface area (Å²) in [5.41, 5.74) is 7.89. The normalized spacial score (nSPS) is 9.86. The highest BCUT2D eigenvalue weighted by molar-refractivity contribution is 5.74. The van der Waals surface area contributed by atoms with E-state index in [1.54, 1.807) is 18.2 Å². The molecule has 0 aliphatic rings. The zero-order valence-corrected chi connectivity index (χ0v) is 8.32. The molecule has 0 atom stereocenters. The van der Waals surface area contributed by atoms with Crippen LogP contribution in [0.25, 0.3) is 0 Å². The molecule has 1 rings (SSSR count). The van der Waals surface area contributed by atoms with E-state index in [1.165, 1.54) is 0 Å². The van der Waals surface area contributed by atoms with Crippen LogP contribution in [0.3, 0.4) is 0 Å². The Morgan fingerprint density at radius 3 is 2.64 bits per heavy atom. The molecular formula is C10H14N2O2. The third-order valence-corrected chi connectivity index (χ3v) is 1.93. The van der Waals surface area contributed by atoms with E-state index in [1.807, 2.05) is 19.0 Å². The summed E-state index contributed by atoms with van der Waals surface area (Å²) in [6.45, 7) is 0. The molecule has 0 fully saturated rings. The van der Waals surface area contributed by atoms with E-state index >= 15 is 0 Å². The Labute approximate surface area is 82.9 Å². The van der Waals surface area contributed by atoms with Gasteiger partial charge in [0.15, 0.2) is 0 Å². The monoisotopic (exact) mass is 194 g/mol. The third kappa shape index (κ3) is 2.39. The quantitative estimate of drug-likeness (QED) is 0.703. The van der Waals surface area contributed by atoms with Gasteiger partial charge < -0.3 is 15.7 Å². The molecule has 0 saturated carbocycles. The molecule has 0 aliphatic carbocycles. The summed E-state index contributed by atoms with van der Waals surface area (Å²) >= 11 is 0. The molecule has 0 aliphatic heterocycles. The van der Waals surface area contributed by atoms with Crippen molar-refractivity contribution >= 4 is 17.3 Å². The van der Waals surface area contributed by atoms with Crippen LogP contribution in [0.15, 0.2) is 18.2 Å². The smallest absolute Gasteiger partial charge is 0.307 e. The Morgan fingerprint density at radius 2 is 2.14 bits per heavy atom. The van der Waals surface area contributed by atoms with Gasteiger partial charge in [-0.3, -0.25) is 4.79 Å². The topological polar surface area (TPSA) is 66.6 Å². The van der Waals surface area contributed by atoms with Crippen LogP contribution in [0, 0.1) is 0 Å². The molecule has 4 heteroatoms. The minimum absolute atomic E-state index is 0.0216. The first-order chi connectivity index (χ1) is 6.50. The first-order valence-electron chi connectivity index (χ1n) is 4.28. The number of carboxylic acid groups (broad SMARTS) is 1. The maximum atomic E-state index is 10.6. The van der Waals surface area contributed by atoms with E-state index in [2.05, 4.69) is 0 Å². The Kier molecular flexibility index (Phi) is 2.96. The van der Waals surface area contributed by atoms with Gasteiger partial charge in [-0.25, -0.2) is 0 Å². The summed E-state index contributed by atoms with van der Waals surface area (Å²) in [4.78, 5) is 12.4. The second kappa shape index (κ2) is 4.00. The summed E-state index contributed by atoms with van der Waals surface area (Å²) in [5.74, 6) is -0.835. The minimum Gasteiger partial charge on any atom is -0.481 e. The van der Waals surface area contributed by atoms with Gasteiger partial charge in [0.25, 0.3) is 0 Å². The number of hydrogen-bond acceptors (Lipinski definition) is 3. The summed E-state index contributed by atoms with van der Waals surface area (Å²) in [7, 11) is 3.72. The minimum atomic E-state index is -0.835. The number of nitrogens with zero attached hydrogens (tertiary/aromatic N) is 1. The highest BCUT2D eigenvalue weighted by Crippen LogP contribution is 2.22. The van der Waals surface area contributed by atoms with Gasteiger partial charge >= 0.3 is 5.97 Å². The molecule has 76 valence electrons. The Bertz CT molecular complexity index is 348. The molecule has 0 saturated heterocycles. The lowest BCUT2D eigenvalue weighted by molar-refractivity contribution is -0.136.